The molecule has 0 radical (unpaired) electrons. The summed E-state index contributed by atoms with van der Waals surface area (Å²) in [7, 11) is 0. The van der Waals surface area contributed by atoms with Crippen LogP contribution in [0.4, 0.5) is 0 Å². The molecule has 2 atom stereocenters. The molecule has 0 bridgehead atoms. The monoisotopic (exact) mass is 400 g/mol. The number of nitrogens with one attached hydrogen (secondary N) is 3. The van der Waals surface area contributed by atoms with Crippen molar-refractivity contribution in [1.29, 1.82) is 0 Å². The summed E-state index contributed by atoms with van der Waals surface area (Å²) in [6.07, 6.45) is 10.8. The molecule has 3 N–H and O–H groups in total. The molecule has 0 spiro atoms. The third-order valence-corrected chi connectivity index (χ3v) is 6.22. The van der Waals surface area contributed by atoms with E-state index in [1.165, 1.54) is 32.1 Å². The normalized spacial score (nSPS) is 27.0. The maximum absolute atomic E-state index is 12.3. The van der Waals surface area contributed by atoms with E-state index in [1.54, 1.807) is 0 Å². The molecule has 2 amide bonds. The third-order valence-electron chi connectivity index (χ3n) is 6.22. The number of carbonyl (C=O) groups is 2. The van der Waals surface area contributed by atoms with Crippen LogP contribution in [0.25, 0.3) is 0 Å². The Morgan fingerprint density at radius 1 is 0.889 bits per heavy atom. The standard InChI is InChI=1S/C20H36N4O2.ClH/c25-19(22-12-16-6-2-1-3-7-16)15-24-11-5-8-17(14-24)13-23-20(26)18-9-4-10-21-18;/h16-18,21H,1-15H2,(H,22,25)(H,23,26);1H. The number of piperidine rings is 1. The van der Waals surface area contributed by atoms with E-state index in [9.17, 15) is 9.59 Å². The number of halogens is 1. The van der Waals surface area contributed by atoms with Crippen molar-refractivity contribution >= 4 is 24.2 Å². The highest BCUT2D eigenvalue weighted by molar-refractivity contribution is 5.85. The minimum Gasteiger partial charge on any atom is -0.355 e. The van der Waals surface area contributed by atoms with Crippen LogP contribution in [-0.4, -0.2) is 62.0 Å². The van der Waals surface area contributed by atoms with Gasteiger partial charge in [0.15, 0.2) is 0 Å². The zero-order chi connectivity index (χ0) is 18.2. The Balaban J connectivity index is 0.00000261. The van der Waals surface area contributed by atoms with Gasteiger partial charge >= 0.3 is 0 Å². The Morgan fingerprint density at radius 3 is 2.37 bits per heavy atom. The van der Waals surface area contributed by atoms with Crippen LogP contribution in [0.1, 0.15) is 57.8 Å². The fourth-order valence-corrected chi connectivity index (χ4v) is 4.65. The molecular weight excluding hydrogens is 364 g/mol. The van der Waals surface area contributed by atoms with Crippen molar-refractivity contribution in [2.24, 2.45) is 11.8 Å². The number of amides is 2. The van der Waals surface area contributed by atoms with Gasteiger partial charge in [-0.2, -0.15) is 0 Å². The number of rotatable bonds is 7. The van der Waals surface area contributed by atoms with E-state index in [1.807, 2.05) is 0 Å². The van der Waals surface area contributed by atoms with Crippen LogP contribution in [0.5, 0.6) is 0 Å². The molecule has 1 aliphatic carbocycles. The summed E-state index contributed by atoms with van der Waals surface area (Å²) in [6.45, 7) is 4.94. The third kappa shape index (κ3) is 7.59. The number of carbonyl (C=O) groups excluding carboxylic acids is 2. The van der Waals surface area contributed by atoms with Gasteiger partial charge in [-0.1, -0.05) is 19.3 Å². The second kappa shape index (κ2) is 11.9. The lowest BCUT2D eigenvalue weighted by Gasteiger charge is -2.32. The molecule has 27 heavy (non-hydrogen) atoms. The van der Waals surface area contributed by atoms with Gasteiger partial charge in [-0.15, -0.1) is 12.4 Å². The van der Waals surface area contributed by atoms with Crippen LogP contribution in [0.3, 0.4) is 0 Å². The summed E-state index contributed by atoms with van der Waals surface area (Å²) in [5.41, 5.74) is 0. The topological polar surface area (TPSA) is 73.5 Å². The molecule has 0 aromatic rings. The summed E-state index contributed by atoms with van der Waals surface area (Å²) in [5.74, 6) is 1.45. The van der Waals surface area contributed by atoms with Gasteiger partial charge in [-0.25, -0.2) is 0 Å². The molecule has 156 valence electrons. The lowest BCUT2D eigenvalue weighted by Crippen LogP contribution is -2.47. The van der Waals surface area contributed by atoms with E-state index in [-0.39, 0.29) is 30.3 Å². The van der Waals surface area contributed by atoms with Crippen LogP contribution >= 0.6 is 12.4 Å². The van der Waals surface area contributed by atoms with Crippen molar-refractivity contribution in [3.63, 3.8) is 0 Å². The fourth-order valence-electron chi connectivity index (χ4n) is 4.65. The van der Waals surface area contributed by atoms with Crippen molar-refractivity contribution in [3.05, 3.63) is 0 Å². The van der Waals surface area contributed by atoms with Gasteiger partial charge in [0, 0.05) is 19.6 Å². The molecule has 3 fully saturated rings. The molecule has 2 heterocycles. The predicted octanol–water partition coefficient (Wildman–Crippen LogP) is 1.68. The molecular formula is C20H37ClN4O2. The van der Waals surface area contributed by atoms with E-state index < -0.39 is 0 Å². The summed E-state index contributed by atoms with van der Waals surface area (Å²) >= 11 is 0. The fraction of sp³-hybridized carbons (Fsp3) is 0.900. The molecule has 0 aromatic carbocycles. The van der Waals surface area contributed by atoms with Gasteiger partial charge in [0.25, 0.3) is 0 Å². The molecule has 0 aromatic heterocycles. The van der Waals surface area contributed by atoms with Crippen molar-refractivity contribution in [1.82, 2.24) is 20.9 Å². The van der Waals surface area contributed by atoms with Crippen LogP contribution in [0.15, 0.2) is 0 Å². The molecule has 2 unspecified atom stereocenters. The molecule has 3 aliphatic rings. The number of likely N-dealkylation sites (tertiary alicyclic amines) is 1. The molecule has 6 nitrogen and oxygen atoms in total. The van der Waals surface area contributed by atoms with Crippen molar-refractivity contribution < 1.29 is 9.59 Å². The van der Waals surface area contributed by atoms with E-state index in [4.69, 9.17) is 0 Å². The Labute approximate surface area is 170 Å². The summed E-state index contributed by atoms with van der Waals surface area (Å²) in [6, 6.07) is 0.000240. The Kier molecular flexibility index (Phi) is 9.87. The smallest absolute Gasteiger partial charge is 0.237 e. The highest BCUT2D eigenvalue weighted by Gasteiger charge is 2.25. The summed E-state index contributed by atoms with van der Waals surface area (Å²) in [4.78, 5) is 26.7. The van der Waals surface area contributed by atoms with Gasteiger partial charge in [-0.3, -0.25) is 14.5 Å². The lowest BCUT2D eigenvalue weighted by atomic mass is 9.89. The first-order valence-electron chi connectivity index (χ1n) is 10.7. The zero-order valence-corrected chi connectivity index (χ0v) is 17.3. The highest BCUT2D eigenvalue weighted by atomic mass is 35.5. The number of nitrogens with zero attached hydrogens (tertiary/aromatic N) is 1. The molecule has 1 saturated carbocycles. The second-order valence-corrected chi connectivity index (χ2v) is 8.45. The SMILES string of the molecule is Cl.O=C(CN1CCCC(CNC(=O)C2CCCN2)C1)NCC1CCCCC1. The Hall–Kier alpha value is -0.850. The molecule has 7 heteroatoms. The van der Waals surface area contributed by atoms with Gasteiger partial charge in [-0.05, 0) is 63.5 Å². The van der Waals surface area contributed by atoms with Crippen LogP contribution < -0.4 is 16.0 Å². The van der Waals surface area contributed by atoms with Crippen LogP contribution in [-0.2, 0) is 9.59 Å². The maximum Gasteiger partial charge on any atom is 0.237 e. The average Bonchev–Trinajstić information content (AvgIpc) is 3.20. The number of hydrogen-bond donors (Lipinski definition) is 3. The van der Waals surface area contributed by atoms with E-state index in [0.717, 1.165) is 58.4 Å². The van der Waals surface area contributed by atoms with Crippen molar-refractivity contribution in [3.8, 4) is 0 Å². The quantitative estimate of drug-likeness (QED) is 0.608. The minimum absolute atomic E-state index is 0. The Bertz CT molecular complexity index is 465. The first-order chi connectivity index (χ1) is 12.7. The van der Waals surface area contributed by atoms with Crippen LogP contribution in [0, 0.1) is 11.8 Å². The predicted molar refractivity (Wildman–Crippen MR) is 110 cm³/mol. The molecule has 3 rings (SSSR count). The average molecular weight is 401 g/mol. The first-order valence-corrected chi connectivity index (χ1v) is 10.7. The maximum atomic E-state index is 12.3. The molecule has 2 aliphatic heterocycles. The van der Waals surface area contributed by atoms with Crippen molar-refractivity contribution in [2.45, 2.75) is 63.8 Å². The first kappa shape index (κ1) is 22.4. The Morgan fingerprint density at radius 2 is 1.63 bits per heavy atom. The number of hydrogen-bond acceptors (Lipinski definition) is 4. The highest BCUT2D eigenvalue weighted by Crippen LogP contribution is 2.22. The largest absolute Gasteiger partial charge is 0.355 e. The lowest BCUT2D eigenvalue weighted by molar-refractivity contribution is -0.124. The van der Waals surface area contributed by atoms with E-state index in [0.29, 0.717) is 18.4 Å². The van der Waals surface area contributed by atoms with Crippen molar-refractivity contribution in [2.75, 3.05) is 39.3 Å². The van der Waals surface area contributed by atoms with E-state index >= 15 is 0 Å². The second-order valence-electron chi connectivity index (χ2n) is 8.45. The van der Waals surface area contributed by atoms with Gasteiger partial charge < -0.3 is 16.0 Å². The van der Waals surface area contributed by atoms with Crippen LogP contribution in [0.2, 0.25) is 0 Å². The summed E-state index contributed by atoms with van der Waals surface area (Å²) in [5, 5.41) is 9.50. The van der Waals surface area contributed by atoms with Gasteiger partial charge in [0.05, 0.1) is 12.6 Å². The van der Waals surface area contributed by atoms with E-state index in [2.05, 4.69) is 20.9 Å². The van der Waals surface area contributed by atoms with Gasteiger partial charge in [0.2, 0.25) is 11.8 Å². The van der Waals surface area contributed by atoms with Gasteiger partial charge in [0.1, 0.15) is 0 Å². The minimum atomic E-state index is 0. The summed E-state index contributed by atoms with van der Waals surface area (Å²) < 4.78 is 0. The zero-order valence-electron chi connectivity index (χ0n) is 16.5. The molecule has 2 saturated heterocycles.